The van der Waals surface area contributed by atoms with E-state index in [0.717, 1.165) is 10.4 Å². The normalized spacial score (nSPS) is 14.1. The molecule has 4 heteroatoms. The SMILES string of the molecule is Nc1ccc(-c2cccs2)c2c1C(=O)CC2=O. The summed E-state index contributed by atoms with van der Waals surface area (Å²) in [6.45, 7) is 0. The lowest BCUT2D eigenvalue weighted by Gasteiger charge is -2.06. The Morgan fingerprint density at radius 1 is 1.06 bits per heavy atom. The molecule has 0 fully saturated rings. The van der Waals surface area contributed by atoms with Crippen molar-refractivity contribution in [1.29, 1.82) is 0 Å². The van der Waals surface area contributed by atoms with E-state index in [4.69, 9.17) is 5.73 Å². The average molecular weight is 243 g/mol. The highest BCUT2D eigenvalue weighted by molar-refractivity contribution is 7.13. The van der Waals surface area contributed by atoms with Crippen LogP contribution >= 0.6 is 11.3 Å². The molecule has 84 valence electrons. The quantitative estimate of drug-likeness (QED) is 0.619. The third-order valence-electron chi connectivity index (χ3n) is 2.90. The number of thiophene rings is 1. The van der Waals surface area contributed by atoms with E-state index in [1.54, 1.807) is 17.4 Å². The van der Waals surface area contributed by atoms with E-state index in [0.29, 0.717) is 16.8 Å². The number of carbonyl (C=O) groups excluding carboxylic acids is 2. The largest absolute Gasteiger partial charge is 0.398 e. The molecule has 1 heterocycles. The minimum atomic E-state index is -0.166. The second kappa shape index (κ2) is 3.53. The van der Waals surface area contributed by atoms with Gasteiger partial charge in [-0.25, -0.2) is 0 Å². The fourth-order valence-electron chi connectivity index (χ4n) is 2.17. The number of nitrogens with two attached hydrogens (primary N) is 1. The van der Waals surface area contributed by atoms with Crippen molar-refractivity contribution >= 4 is 28.6 Å². The topological polar surface area (TPSA) is 60.2 Å². The highest BCUT2D eigenvalue weighted by atomic mass is 32.1. The molecule has 0 aliphatic heterocycles. The van der Waals surface area contributed by atoms with Gasteiger partial charge in [0.05, 0.1) is 12.0 Å². The van der Waals surface area contributed by atoms with Crippen molar-refractivity contribution in [2.24, 2.45) is 0 Å². The lowest BCUT2D eigenvalue weighted by Crippen LogP contribution is -2.00. The molecule has 0 saturated carbocycles. The van der Waals surface area contributed by atoms with Gasteiger partial charge in [-0.1, -0.05) is 12.1 Å². The highest BCUT2D eigenvalue weighted by Crippen LogP contribution is 2.37. The van der Waals surface area contributed by atoms with E-state index in [9.17, 15) is 9.59 Å². The molecule has 0 amide bonds. The highest BCUT2D eigenvalue weighted by Gasteiger charge is 2.32. The maximum Gasteiger partial charge on any atom is 0.173 e. The summed E-state index contributed by atoms with van der Waals surface area (Å²) < 4.78 is 0. The summed E-state index contributed by atoms with van der Waals surface area (Å²) in [7, 11) is 0. The number of anilines is 1. The van der Waals surface area contributed by atoms with Gasteiger partial charge in [0.1, 0.15) is 0 Å². The molecule has 17 heavy (non-hydrogen) atoms. The summed E-state index contributed by atoms with van der Waals surface area (Å²) >= 11 is 1.55. The van der Waals surface area contributed by atoms with Crippen LogP contribution in [-0.2, 0) is 0 Å². The van der Waals surface area contributed by atoms with E-state index in [2.05, 4.69) is 0 Å². The summed E-state index contributed by atoms with van der Waals surface area (Å²) in [5, 5.41) is 1.94. The smallest absolute Gasteiger partial charge is 0.173 e. The van der Waals surface area contributed by atoms with Crippen molar-refractivity contribution in [3.63, 3.8) is 0 Å². The van der Waals surface area contributed by atoms with Crippen molar-refractivity contribution in [3.8, 4) is 10.4 Å². The summed E-state index contributed by atoms with van der Waals surface area (Å²) in [6.07, 6.45) is -0.0536. The molecule has 0 bridgehead atoms. The molecule has 2 aromatic rings. The van der Waals surface area contributed by atoms with Crippen LogP contribution in [0.2, 0.25) is 0 Å². The van der Waals surface area contributed by atoms with Gasteiger partial charge in [-0.3, -0.25) is 9.59 Å². The van der Waals surface area contributed by atoms with Crippen LogP contribution in [0, 0.1) is 0 Å². The molecule has 1 aromatic carbocycles. The lowest BCUT2D eigenvalue weighted by molar-refractivity contribution is 0.0923. The molecule has 0 spiro atoms. The van der Waals surface area contributed by atoms with Crippen LogP contribution in [-0.4, -0.2) is 11.6 Å². The van der Waals surface area contributed by atoms with Crippen molar-refractivity contribution < 1.29 is 9.59 Å². The van der Waals surface area contributed by atoms with Crippen LogP contribution in [0.25, 0.3) is 10.4 Å². The Hall–Kier alpha value is -1.94. The Balaban J connectivity index is 2.34. The zero-order valence-corrected chi connectivity index (χ0v) is 9.71. The van der Waals surface area contributed by atoms with Crippen LogP contribution in [0.3, 0.4) is 0 Å². The monoisotopic (exact) mass is 243 g/mol. The molecule has 2 N–H and O–H groups in total. The van der Waals surface area contributed by atoms with Crippen molar-refractivity contribution in [1.82, 2.24) is 0 Å². The number of fused-ring (bicyclic) bond motifs is 1. The maximum absolute atomic E-state index is 11.9. The van der Waals surface area contributed by atoms with Crippen LogP contribution in [0.15, 0.2) is 29.6 Å². The van der Waals surface area contributed by atoms with Crippen LogP contribution < -0.4 is 5.73 Å². The molecule has 0 unspecified atom stereocenters. The summed E-state index contributed by atoms with van der Waals surface area (Å²) in [6, 6.07) is 7.37. The first-order valence-electron chi connectivity index (χ1n) is 5.21. The molecule has 3 rings (SSSR count). The van der Waals surface area contributed by atoms with Crippen LogP contribution in [0.1, 0.15) is 27.1 Å². The summed E-state index contributed by atoms with van der Waals surface area (Å²) in [5.41, 5.74) is 7.90. The van der Waals surface area contributed by atoms with Crippen molar-refractivity contribution in [2.45, 2.75) is 6.42 Å². The second-order valence-electron chi connectivity index (χ2n) is 3.95. The molecule has 0 atom stereocenters. The predicted octanol–water partition coefficient (Wildman–Crippen LogP) is 2.77. The van der Waals surface area contributed by atoms with Crippen LogP contribution in [0.5, 0.6) is 0 Å². The van der Waals surface area contributed by atoms with E-state index >= 15 is 0 Å². The number of carbonyl (C=O) groups is 2. The van der Waals surface area contributed by atoms with E-state index in [-0.39, 0.29) is 18.0 Å². The maximum atomic E-state index is 11.9. The van der Waals surface area contributed by atoms with E-state index in [1.165, 1.54) is 0 Å². The minimum Gasteiger partial charge on any atom is -0.398 e. The first-order valence-corrected chi connectivity index (χ1v) is 6.09. The zero-order chi connectivity index (χ0) is 12.0. The fourth-order valence-corrected chi connectivity index (χ4v) is 2.93. The van der Waals surface area contributed by atoms with Crippen molar-refractivity contribution in [3.05, 3.63) is 40.8 Å². The van der Waals surface area contributed by atoms with Gasteiger partial charge in [0.15, 0.2) is 11.6 Å². The molecule has 0 saturated heterocycles. The van der Waals surface area contributed by atoms with Gasteiger partial charge < -0.3 is 5.73 Å². The van der Waals surface area contributed by atoms with Gasteiger partial charge in [-0.05, 0) is 17.5 Å². The zero-order valence-electron chi connectivity index (χ0n) is 8.90. The molecule has 3 nitrogen and oxygen atoms in total. The minimum absolute atomic E-state index is 0.0536. The van der Waals surface area contributed by atoms with Crippen molar-refractivity contribution in [2.75, 3.05) is 5.73 Å². The number of benzene rings is 1. The Kier molecular flexibility index (Phi) is 2.12. The molecular formula is C13H9NO2S. The number of Topliss-reactive ketones (excluding diaryl/α,β-unsaturated/α-hetero) is 2. The Morgan fingerprint density at radius 3 is 2.53 bits per heavy atom. The van der Waals surface area contributed by atoms with Gasteiger partial charge in [-0.2, -0.15) is 0 Å². The van der Waals surface area contributed by atoms with Gasteiger partial charge in [0.25, 0.3) is 0 Å². The number of ketones is 2. The number of hydrogen-bond donors (Lipinski definition) is 1. The summed E-state index contributed by atoms with van der Waals surface area (Å²) in [4.78, 5) is 24.6. The second-order valence-corrected chi connectivity index (χ2v) is 4.90. The van der Waals surface area contributed by atoms with Gasteiger partial charge in [-0.15, -0.1) is 11.3 Å². The first kappa shape index (κ1) is 10.2. The third-order valence-corrected chi connectivity index (χ3v) is 3.81. The Bertz CT molecular complexity index is 629. The number of hydrogen-bond acceptors (Lipinski definition) is 4. The molecule has 1 aliphatic rings. The standard InChI is InChI=1S/C13H9NO2S/c14-8-4-3-7(11-2-1-5-17-11)12-9(15)6-10(16)13(8)12/h1-5H,6,14H2. The molecule has 1 aliphatic carbocycles. The van der Waals surface area contributed by atoms with Crippen LogP contribution in [0.4, 0.5) is 5.69 Å². The average Bonchev–Trinajstić information content (AvgIpc) is 2.89. The Morgan fingerprint density at radius 2 is 1.82 bits per heavy atom. The van der Waals surface area contributed by atoms with E-state index < -0.39 is 0 Å². The van der Waals surface area contributed by atoms with E-state index in [1.807, 2.05) is 23.6 Å². The third kappa shape index (κ3) is 1.41. The predicted molar refractivity (Wildman–Crippen MR) is 67.4 cm³/mol. The molecule has 1 aromatic heterocycles. The summed E-state index contributed by atoms with van der Waals surface area (Å²) in [5.74, 6) is -0.290. The number of nitrogen functional groups attached to an aromatic ring is 1. The first-order chi connectivity index (χ1) is 8.18. The van der Waals surface area contributed by atoms with Gasteiger partial charge in [0.2, 0.25) is 0 Å². The Labute approximate surface area is 102 Å². The van der Waals surface area contributed by atoms with Gasteiger partial charge in [0, 0.05) is 21.7 Å². The molecular weight excluding hydrogens is 234 g/mol. The molecule has 0 radical (unpaired) electrons. The lowest BCUT2D eigenvalue weighted by atomic mass is 10.00. The van der Waals surface area contributed by atoms with Gasteiger partial charge >= 0.3 is 0 Å². The number of rotatable bonds is 1. The fraction of sp³-hybridized carbons (Fsp3) is 0.0769.